The fourth-order valence-corrected chi connectivity index (χ4v) is 5.23. The number of nitrogens with one attached hydrogen (secondary N) is 1. The van der Waals surface area contributed by atoms with E-state index in [0.717, 1.165) is 13.0 Å². The molecule has 0 aromatic heterocycles. The second-order valence-electron chi connectivity index (χ2n) is 7.90. The van der Waals surface area contributed by atoms with Crippen LogP contribution in [0.15, 0.2) is 30.3 Å². The molecule has 2 fully saturated rings. The summed E-state index contributed by atoms with van der Waals surface area (Å²) in [6, 6.07) is 8.93. The van der Waals surface area contributed by atoms with E-state index in [4.69, 9.17) is 5.73 Å². The van der Waals surface area contributed by atoms with Gasteiger partial charge in [0.2, 0.25) is 5.91 Å². The van der Waals surface area contributed by atoms with Gasteiger partial charge in [-0.05, 0) is 68.5 Å². The molecule has 1 aliphatic carbocycles. The van der Waals surface area contributed by atoms with Gasteiger partial charge in [-0.3, -0.25) is 4.79 Å². The summed E-state index contributed by atoms with van der Waals surface area (Å²) in [5.41, 5.74) is 4.10. The molecule has 26 heavy (non-hydrogen) atoms. The average Bonchev–Trinajstić information content (AvgIpc) is 3.16. The van der Waals surface area contributed by atoms with Crippen LogP contribution in [0.1, 0.15) is 37.7 Å². The molecular formula is C20H27F3N2O. The Bertz CT molecular complexity index is 619. The van der Waals surface area contributed by atoms with Gasteiger partial charge in [-0.2, -0.15) is 13.2 Å². The summed E-state index contributed by atoms with van der Waals surface area (Å²) < 4.78 is 43.7. The van der Waals surface area contributed by atoms with Crippen molar-refractivity contribution in [2.75, 3.05) is 13.1 Å². The molecule has 144 valence electrons. The zero-order valence-corrected chi connectivity index (χ0v) is 14.9. The number of nitrogens with two attached hydrogens (primary N) is 1. The quantitative estimate of drug-likeness (QED) is 0.771. The molecular weight excluding hydrogens is 341 g/mol. The minimum absolute atomic E-state index is 0.00564. The molecule has 3 rings (SSSR count). The molecule has 1 saturated carbocycles. The molecule has 0 radical (unpaired) electrons. The number of halogens is 3. The van der Waals surface area contributed by atoms with E-state index < -0.39 is 23.4 Å². The standard InChI is InChI=1S/C20H27F3N2O/c21-20(22,23)19(10-4-7-18(24)26,11-14-5-2-1-3-6-14)17-9-8-15-12-25-13-16(15)17/h1-3,5-6,15-17,25H,4,7-13H2,(H2,24,26). The third kappa shape index (κ3) is 3.75. The highest BCUT2D eigenvalue weighted by Gasteiger charge is 2.62. The van der Waals surface area contributed by atoms with Gasteiger partial charge in [0.1, 0.15) is 0 Å². The van der Waals surface area contributed by atoms with Crippen LogP contribution in [0.25, 0.3) is 0 Å². The number of rotatable bonds is 7. The van der Waals surface area contributed by atoms with Crippen molar-refractivity contribution in [3.8, 4) is 0 Å². The molecule has 1 saturated heterocycles. The smallest absolute Gasteiger partial charge is 0.370 e. The molecule has 0 spiro atoms. The Morgan fingerprint density at radius 2 is 1.88 bits per heavy atom. The van der Waals surface area contributed by atoms with Crippen LogP contribution in [0, 0.1) is 23.2 Å². The number of primary amides is 1. The molecule has 1 aliphatic heterocycles. The molecule has 4 atom stereocenters. The number of benzene rings is 1. The second-order valence-corrected chi connectivity index (χ2v) is 7.90. The van der Waals surface area contributed by atoms with E-state index in [1.54, 1.807) is 24.3 Å². The molecule has 3 N–H and O–H groups in total. The molecule has 1 aromatic carbocycles. The number of hydrogen-bond donors (Lipinski definition) is 2. The predicted molar refractivity (Wildman–Crippen MR) is 94.3 cm³/mol. The first-order valence-electron chi connectivity index (χ1n) is 9.43. The first-order chi connectivity index (χ1) is 12.3. The van der Waals surface area contributed by atoms with Gasteiger partial charge in [-0.1, -0.05) is 30.3 Å². The largest absolute Gasteiger partial charge is 0.395 e. The first kappa shape index (κ1) is 19.2. The first-order valence-corrected chi connectivity index (χ1v) is 9.43. The predicted octanol–water partition coefficient (Wildman–Crippen LogP) is 3.68. The van der Waals surface area contributed by atoms with Crippen molar-refractivity contribution < 1.29 is 18.0 Å². The van der Waals surface area contributed by atoms with Gasteiger partial charge in [0.15, 0.2) is 0 Å². The summed E-state index contributed by atoms with van der Waals surface area (Å²) in [4.78, 5) is 11.1. The SMILES string of the molecule is NC(=O)CCCC(Cc1ccccc1)(C1CCC2CNCC21)C(F)(F)F. The Balaban J connectivity index is 1.95. The van der Waals surface area contributed by atoms with Crippen molar-refractivity contribution in [2.45, 2.75) is 44.7 Å². The van der Waals surface area contributed by atoms with Crippen LogP contribution in [-0.4, -0.2) is 25.2 Å². The molecule has 6 heteroatoms. The number of amides is 1. The van der Waals surface area contributed by atoms with E-state index in [1.807, 2.05) is 6.07 Å². The molecule has 1 amide bonds. The van der Waals surface area contributed by atoms with E-state index in [9.17, 15) is 18.0 Å². The van der Waals surface area contributed by atoms with Crippen LogP contribution in [0.2, 0.25) is 0 Å². The third-order valence-electron chi connectivity index (χ3n) is 6.44. The lowest BCUT2D eigenvalue weighted by Crippen LogP contribution is -2.48. The van der Waals surface area contributed by atoms with Crippen LogP contribution in [0.5, 0.6) is 0 Å². The van der Waals surface area contributed by atoms with Crippen molar-refractivity contribution >= 4 is 5.91 Å². The van der Waals surface area contributed by atoms with Gasteiger partial charge in [0, 0.05) is 6.42 Å². The van der Waals surface area contributed by atoms with E-state index >= 15 is 0 Å². The van der Waals surface area contributed by atoms with Gasteiger partial charge in [-0.25, -0.2) is 0 Å². The maximum Gasteiger partial charge on any atom is 0.395 e. The third-order valence-corrected chi connectivity index (χ3v) is 6.44. The monoisotopic (exact) mass is 368 g/mol. The number of fused-ring (bicyclic) bond motifs is 1. The van der Waals surface area contributed by atoms with Crippen molar-refractivity contribution in [2.24, 2.45) is 28.9 Å². The summed E-state index contributed by atoms with van der Waals surface area (Å²) in [5.74, 6) is -0.536. The Hall–Kier alpha value is -1.56. The Morgan fingerprint density at radius 1 is 1.15 bits per heavy atom. The number of carbonyl (C=O) groups excluding carboxylic acids is 1. The lowest BCUT2D eigenvalue weighted by atomic mass is 9.63. The van der Waals surface area contributed by atoms with Crippen LogP contribution >= 0.6 is 0 Å². The van der Waals surface area contributed by atoms with Crippen LogP contribution in [0.4, 0.5) is 13.2 Å². The van der Waals surface area contributed by atoms with E-state index in [-0.39, 0.29) is 31.6 Å². The van der Waals surface area contributed by atoms with E-state index in [0.29, 0.717) is 24.4 Å². The highest BCUT2D eigenvalue weighted by atomic mass is 19.4. The van der Waals surface area contributed by atoms with E-state index in [2.05, 4.69) is 5.32 Å². The van der Waals surface area contributed by atoms with Crippen LogP contribution < -0.4 is 11.1 Å². The van der Waals surface area contributed by atoms with Crippen LogP contribution in [-0.2, 0) is 11.2 Å². The molecule has 4 unspecified atom stereocenters. The molecule has 1 aromatic rings. The minimum Gasteiger partial charge on any atom is -0.370 e. The molecule has 2 aliphatic rings. The van der Waals surface area contributed by atoms with Crippen molar-refractivity contribution in [1.82, 2.24) is 5.32 Å². The van der Waals surface area contributed by atoms with E-state index in [1.165, 1.54) is 0 Å². The second kappa shape index (κ2) is 7.59. The molecule has 3 nitrogen and oxygen atoms in total. The lowest BCUT2D eigenvalue weighted by Gasteiger charge is -2.43. The van der Waals surface area contributed by atoms with Gasteiger partial charge >= 0.3 is 6.18 Å². The van der Waals surface area contributed by atoms with Crippen LogP contribution in [0.3, 0.4) is 0 Å². The summed E-state index contributed by atoms with van der Waals surface area (Å²) >= 11 is 0. The fraction of sp³-hybridized carbons (Fsp3) is 0.650. The minimum atomic E-state index is -4.32. The highest BCUT2D eigenvalue weighted by Crippen LogP contribution is 2.58. The average molecular weight is 368 g/mol. The maximum atomic E-state index is 14.6. The van der Waals surface area contributed by atoms with Gasteiger partial charge < -0.3 is 11.1 Å². The normalized spacial score (nSPS) is 27.9. The van der Waals surface area contributed by atoms with Crippen molar-refractivity contribution in [3.63, 3.8) is 0 Å². The highest BCUT2D eigenvalue weighted by molar-refractivity contribution is 5.73. The number of alkyl halides is 3. The molecule has 0 bridgehead atoms. The summed E-state index contributed by atoms with van der Waals surface area (Å²) in [7, 11) is 0. The Kier molecular flexibility index (Phi) is 5.61. The Morgan fingerprint density at radius 3 is 2.54 bits per heavy atom. The number of carbonyl (C=O) groups is 1. The van der Waals surface area contributed by atoms with Gasteiger partial charge in [-0.15, -0.1) is 0 Å². The number of hydrogen-bond acceptors (Lipinski definition) is 2. The zero-order chi connectivity index (χ0) is 18.8. The Labute approximate surface area is 152 Å². The van der Waals surface area contributed by atoms with Crippen molar-refractivity contribution in [3.05, 3.63) is 35.9 Å². The zero-order valence-electron chi connectivity index (χ0n) is 14.9. The summed E-state index contributed by atoms with van der Waals surface area (Å²) in [5, 5.41) is 3.27. The topological polar surface area (TPSA) is 55.1 Å². The van der Waals surface area contributed by atoms with Crippen molar-refractivity contribution in [1.29, 1.82) is 0 Å². The summed E-state index contributed by atoms with van der Waals surface area (Å²) in [6.07, 6.45) is -2.73. The summed E-state index contributed by atoms with van der Waals surface area (Å²) in [6.45, 7) is 1.49. The van der Waals surface area contributed by atoms with Gasteiger partial charge in [0.05, 0.1) is 5.41 Å². The van der Waals surface area contributed by atoms with Gasteiger partial charge in [0.25, 0.3) is 0 Å². The molecule has 1 heterocycles. The maximum absolute atomic E-state index is 14.6. The fourth-order valence-electron chi connectivity index (χ4n) is 5.23. The lowest BCUT2D eigenvalue weighted by molar-refractivity contribution is -0.251.